The first-order chi connectivity index (χ1) is 14.3. The van der Waals surface area contributed by atoms with Crippen LogP contribution in [0.15, 0.2) is 54.6 Å². The van der Waals surface area contributed by atoms with Gasteiger partial charge in [0.15, 0.2) is 17.3 Å². The zero-order valence-corrected chi connectivity index (χ0v) is 15.8. The number of aromatic nitrogens is 1. The van der Waals surface area contributed by atoms with Crippen molar-refractivity contribution >= 4 is 28.6 Å². The number of fused-ring (bicyclic) bond motifs is 2. The van der Waals surface area contributed by atoms with E-state index in [1.54, 1.807) is 24.3 Å². The second kappa shape index (κ2) is 7.56. The molecule has 0 spiro atoms. The molecule has 6 heteroatoms. The van der Waals surface area contributed by atoms with Gasteiger partial charge in [0.25, 0.3) is 0 Å². The summed E-state index contributed by atoms with van der Waals surface area (Å²) >= 11 is 0. The SMILES string of the molecule is O=C(/C=C/c1cc2ccccc2nc1N1CCOCC1)c1ccc2c(c1)OCO2. The molecule has 0 N–H and O–H groups in total. The Kier molecular flexibility index (Phi) is 4.62. The number of nitrogens with zero attached hydrogens (tertiary/aromatic N) is 2. The average Bonchev–Trinajstić information content (AvgIpc) is 3.25. The number of allylic oxidation sites excluding steroid dienone is 1. The van der Waals surface area contributed by atoms with Crippen LogP contribution in [0.5, 0.6) is 11.5 Å². The summed E-state index contributed by atoms with van der Waals surface area (Å²) in [5.74, 6) is 2.05. The van der Waals surface area contributed by atoms with Gasteiger partial charge in [-0.1, -0.05) is 18.2 Å². The number of pyridine rings is 1. The molecule has 0 amide bonds. The van der Waals surface area contributed by atoms with Crippen molar-refractivity contribution in [2.24, 2.45) is 0 Å². The molecule has 0 unspecified atom stereocenters. The van der Waals surface area contributed by atoms with Crippen molar-refractivity contribution in [3.05, 3.63) is 65.7 Å². The van der Waals surface area contributed by atoms with Crippen LogP contribution in [0.25, 0.3) is 17.0 Å². The van der Waals surface area contributed by atoms with Gasteiger partial charge in [-0.25, -0.2) is 4.98 Å². The standard InChI is InChI=1S/C23H20N2O4/c26-20(17-6-8-21-22(14-17)29-15-28-21)7-5-18-13-16-3-1-2-4-19(16)24-23(18)25-9-11-27-12-10-25/h1-8,13-14H,9-12,15H2/b7-5+. The van der Waals surface area contributed by atoms with Crippen molar-refractivity contribution in [1.29, 1.82) is 0 Å². The first kappa shape index (κ1) is 17.7. The molecule has 3 aromatic rings. The molecule has 1 aromatic heterocycles. The van der Waals surface area contributed by atoms with Crippen molar-refractivity contribution in [1.82, 2.24) is 4.98 Å². The van der Waals surface area contributed by atoms with E-state index >= 15 is 0 Å². The quantitative estimate of drug-likeness (QED) is 0.502. The highest BCUT2D eigenvalue weighted by Crippen LogP contribution is 2.33. The number of anilines is 1. The lowest BCUT2D eigenvalue weighted by atomic mass is 10.1. The van der Waals surface area contributed by atoms with Crippen LogP contribution in [0.4, 0.5) is 5.82 Å². The molecule has 5 rings (SSSR count). The monoisotopic (exact) mass is 388 g/mol. The number of ether oxygens (including phenoxy) is 3. The highest BCUT2D eigenvalue weighted by molar-refractivity contribution is 6.07. The van der Waals surface area contributed by atoms with E-state index in [1.807, 2.05) is 30.3 Å². The summed E-state index contributed by atoms with van der Waals surface area (Å²) in [6.45, 7) is 3.10. The fourth-order valence-corrected chi connectivity index (χ4v) is 3.58. The van der Waals surface area contributed by atoms with Gasteiger partial charge in [0, 0.05) is 29.6 Å². The number of rotatable bonds is 4. The summed E-state index contributed by atoms with van der Waals surface area (Å²) in [4.78, 5) is 19.8. The van der Waals surface area contributed by atoms with E-state index in [4.69, 9.17) is 19.2 Å². The second-order valence-electron chi connectivity index (χ2n) is 6.96. The van der Waals surface area contributed by atoms with Gasteiger partial charge < -0.3 is 19.1 Å². The number of morpholine rings is 1. The summed E-state index contributed by atoms with van der Waals surface area (Å²) in [6, 6.07) is 15.3. The molecule has 1 fully saturated rings. The van der Waals surface area contributed by atoms with Gasteiger partial charge in [-0.2, -0.15) is 0 Å². The fourth-order valence-electron chi connectivity index (χ4n) is 3.58. The molecule has 2 aromatic carbocycles. The molecule has 0 aliphatic carbocycles. The zero-order valence-electron chi connectivity index (χ0n) is 15.8. The number of hydrogen-bond donors (Lipinski definition) is 0. The molecule has 2 aliphatic rings. The third kappa shape index (κ3) is 3.54. The Balaban J connectivity index is 1.48. The van der Waals surface area contributed by atoms with Crippen LogP contribution in [-0.2, 0) is 4.74 Å². The summed E-state index contributed by atoms with van der Waals surface area (Å²) in [5, 5.41) is 1.04. The Hall–Kier alpha value is -3.38. The van der Waals surface area contributed by atoms with Crippen LogP contribution in [0, 0.1) is 0 Å². The minimum Gasteiger partial charge on any atom is -0.454 e. The maximum absolute atomic E-state index is 12.7. The molecule has 0 atom stereocenters. The molecule has 0 saturated carbocycles. The fraction of sp³-hybridized carbons (Fsp3) is 0.217. The van der Waals surface area contributed by atoms with E-state index in [1.165, 1.54) is 0 Å². The summed E-state index contributed by atoms with van der Waals surface area (Å²) in [6.07, 6.45) is 3.43. The minimum atomic E-state index is -0.0932. The highest BCUT2D eigenvalue weighted by Gasteiger charge is 2.18. The maximum Gasteiger partial charge on any atom is 0.231 e. The molecule has 0 radical (unpaired) electrons. The van der Waals surface area contributed by atoms with E-state index in [9.17, 15) is 4.79 Å². The smallest absolute Gasteiger partial charge is 0.231 e. The largest absolute Gasteiger partial charge is 0.454 e. The number of carbonyl (C=O) groups excluding carboxylic acids is 1. The summed E-state index contributed by atoms with van der Waals surface area (Å²) in [7, 11) is 0. The molecule has 0 bridgehead atoms. The summed E-state index contributed by atoms with van der Waals surface area (Å²) < 4.78 is 16.2. The Labute approximate surface area is 168 Å². The lowest BCUT2D eigenvalue weighted by Crippen LogP contribution is -2.37. The van der Waals surface area contributed by atoms with E-state index in [-0.39, 0.29) is 12.6 Å². The molecule has 1 saturated heterocycles. The number of para-hydroxylation sites is 1. The van der Waals surface area contributed by atoms with Gasteiger partial charge in [0.05, 0.1) is 18.7 Å². The molecule has 2 aliphatic heterocycles. The lowest BCUT2D eigenvalue weighted by Gasteiger charge is -2.29. The van der Waals surface area contributed by atoms with Gasteiger partial charge in [-0.3, -0.25) is 4.79 Å². The predicted molar refractivity (Wildman–Crippen MR) is 111 cm³/mol. The molecule has 29 heavy (non-hydrogen) atoms. The highest BCUT2D eigenvalue weighted by atomic mass is 16.7. The molecule has 146 valence electrons. The third-order valence-electron chi connectivity index (χ3n) is 5.11. The van der Waals surface area contributed by atoms with E-state index in [2.05, 4.69) is 11.0 Å². The second-order valence-corrected chi connectivity index (χ2v) is 6.96. The van der Waals surface area contributed by atoms with Gasteiger partial charge in [0.1, 0.15) is 5.82 Å². The Morgan fingerprint density at radius 3 is 2.72 bits per heavy atom. The van der Waals surface area contributed by atoms with Crippen molar-refractivity contribution in [2.45, 2.75) is 0 Å². The minimum absolute atomic E-state index is 0.0932. The Bertz CT molecular complexity index is 1100. The van der Waals surface area contributed by atoms with Crippen LogP contribution in [-0.4, -0.2) is 43.9 Å². The Morgan fingerprint density at radius 1 is 1.00 bits per heavy atom. The first-order valence-electron chi connectivity index (χ1n) is 9.62. The van der Waals surface area contributed by atoms with Crippen LogP contribution in [0.1, 0.15) is 15.9 Å². The molecular formula is C23H20N2O4. The number of ketones is 1. The average molecular weight is 388 g/mol. The third-order valence-corrected chi connectivity index (χ3v) is 5.11. The molecular weight excluding hydrogens is 368 g/mol. The van der Waals surface area contributed by atoms with Crippen LogP contribution in [0.3, 0.4) is 0 Å². The van der Waals surface area contributed by atoms with Crippen LogP contribution < -0.4 is 14.4 Å². The number of carbonyl (C=O) groups is 1. The van der Waals surface area contributed by atoms with E-state index in [0.29, 0.717) is 30.3 Å². The van der Waals surface area contributed by atoms with Gasteiger partial charge in [-0.05, 0) is 42.5 Å². The van der Waals surface area contributed by atoms with Crippen molar-refractivity contribution in [3.8, 4) is 11.5 Å². The van der Waals surface area contributed by atoms with Gasteiger partial charge in [0.2, 0.25) is 6.79 Å². The van der Waals surface area contributed by atoms with Crippen molar-refractivity contribution < 1.29 is 19.0 Å². The van der Waals surface area contributed by atoms with Crippen LogP contribution in [0.2, 0.25) is 0 Å². The Morgan fingerprint density at radius 2 is 1.83 bits per heavy atom. The van der Waals surface area contributed by atoms with Crippen molar-refractivity contribution in [2.75, 3.05) is 38.0 Å². The predicted octanol–water partition coefficient (Wildman–Crippen LogP) is 3.70. The zero-order chi connectivity index (χ0) is 19.6. The van der Waals surface area contributed by atoms with Gasteiger partial charge in [-0.15, -0.1) is 0 Å². The maximum atomic E-state index is 12.7. The molecule has 6 nitrogen and oxygen atoms in total. The van der Waals surface area contributed by atoms with Crippen molar-refractivity contribution in [3.63, 3.8) is 0 Å². The first-order valence-corrected chi connectivity index (χ1v) is 9.62. The normalized spacial score (nSPS) is 15.9. The van der Waals surface area contributed by atoms with E-state index in [0.717, 1.165) is 35.4 Å². The topological polar surface area (TPSA) is 60.9 Å². The molecule has 3 heterocycles. The lowest BCUT2D eigenvalue weighted by molar-refractivity contribution is 0.104. The van der Waals surface area contributed by atoms with E-state index < -0.39 is 0 Å². The number of benzene rings is 2. The van der Waals surface area contributed by atoms with Crippen LogP contribution >= 0.6 is 0 Å². The van der Waals surface area contributed by atoms with Gasteiger partial charge >= 0.3 is 0 Å². The number of hydrogen-bond acceptors (Lipinski definition) is 6. The summed E-state index contributed by atoms with van der Waals surface area (Å²) in [5.41, 5.74) is 2.42.